The molecule has 3 heterocycles. The predicted molar refractivity (Wildman–Crippen MR) is 129 cm³/mol. The molecule has 4 rings (SSSR count). The van der Waals surface area contributed by atoms with Crippen LogP contribution in [0.4, 0.5) is 16.3 Å². The van der Waals surface area contributed by atoms with E-state index in [0.29, 0.717) is 43.2 Å². The first-order valence-electron chi connectivity index (χ1n) is 11.5. The topological polar surface area (TPSA) is 97.8 Å². The summed E-state index contributed by atoms with van der Waals surface area (Å²) in [4.78, 5) is 34.0. The molecular weight excluding hydrogens is 442 g/mol. The van der Waals surface area contributed by atoms with Crippen molar-refractivity contribution in [1.29, 1.82) is 0 Å². The minimum atomic E-state index is -0.226. The average Bonchev–Trinajstić information content (AvgIpc) is 2.85. The zero-order valence-corrected chi connectivity index (χ0v) is 19.4. The summed E-state index contributed by atoms with van der Waals surface area (Å²) in [5.74, 6) is 0.534. The highest BCUT2D eigenvalue weighted by atomic mass is 35.5. The number of halogens is 1. The van der Waals surface area contributed by atoms with Crippen molar-refractivity contribution in [2.45, 2.75) is 38.6 Å². The van der Waals surface area contributed by atoms with Gasteiger partial charge in [0, 0.05) is 55.4 Å². The molecule has 0 unspecified atom stereocenters. The van der Waals surface area contributed by atoms with Crippen molar-refractivity contribution in [2.75, 3.05) is 36.4 Å². The molecule has 33 heavy (non-hydrogen) atoms. The summed E-state index contributed by atoms with van der Waals surface area (Å²) in [5.41, 5.74) is 1.32. The number of anilines is 2. The van der Waals surface area contributed by atoms with Gasteiger partial charge in [-0.2, -0.15) is 0 Å². The number of pyridine rings is 1. The summed E-state index contributed by atoms with van der Waals surface area (Å²) in [6.45, 7) is 3.42. The molecule has 2 fully saturated rings. The first kappa shape index (κ1) is 23.2. The van der Waals surface area contributed by atoms with Crippen molar-refractivity contribution >= 4 is 35.0 Å². The Morgan fingerprint density at radius 1 is 1.09 bits per heavy atom. The molecule has 0 radical (unpaired) electrons. The number of benzene rings is 1. The number of nitrogens with one attached hydrogen (secondary N) is 2. The van der Waals surface area contributed by atoms with Crippen LogP contribution in [0, 0.1) is 5.92 Å². The molecule has 3 N–H and O–H groups in total. The van der Waals surface area contributed by atoms with Crippen LogP contribution in [-0.4, -0.2) is 53.1 Å². The van der Waals surface area contributed by atoms with Gasteiger partial charge in [0.1, 0.15) is 11.6 Å². The van der Waals surface area contributed by atoms with Gasteiger partial charge in [0.2, 0.25) is 5.91 Å². The SMILES string of the molecule is O=C(Nc1cc(Cl)ccc1O)C1CCN(C(=O)NCc2cccnc2N2CCCCC2)CC1. The van der Waals surface area contributed by atoms with Crippen LogP contribution >= 0.6 is 11.6 Å². The lowest BCUT2D eigenvalue weighted by molar-refractivity contribution is -0.121. The van der Waals surface area contributed by atoms with Crippen molar-refractivity contribution in [2.24, 2.45) is 5.92 Å². The predicted octanol–water partition coefficient (Wildman–Crippen LogP) is 3.99. The molecule has 1 aromatic heterocycles. The minimum Gasteiger partial charge on any atom is -0.506 e. The Bertz CT molecular complexity index is 988. The fourth-order valence-corrected chi connectivity index (χ4v) is 4.60. The highest BCUT2D eigenvalue weighted by molar-refractivity contribution is 6.31. The molecule has 8 nitrogen and oxygen atoms in total. The van der Waals surface area contributed by atoms with E-state index < -0.39 is 0 Å². The van der Waals surface area contributed by atoms with E-state index in [9.17, 15) is 14.7 Å². The highest BCUT2D eigenvalue weighted by Gasteiger charge is 2.28. The lowest BCUT2D eigenvalue weighted by Crippen LogP contribution is -2.46. The molecule has 0 spiro atoms. The molecule has 2 aliphatic rings. The van der Waals surface area contributed by atoms with Crippen LogP contribution in [0.1, 0.15) is 37.7 Å². The minimum absolute atomic E-state index is 0.0242. The molecule has 2 saturated heterocycles. The Hall–Kier alpha value is -3.00. The number of aromatic nitrogens is 1. The maximum atomic E-state index is 12.7. The van der Waals surface area contributed by atoms with Crippen LogP contribution in [0.5, 0.6) is 5.75 Å². The summed E-state index contributed by atoms with van der Waals surface area (Å²) >= 11 is 5.95. The third-order valence-corrected chi connectivity index (χ3v) is 6.56. The Morgan fingerprint density at radius 3 is 2.61 bits per heavy atom. The highest BCUT2D eigenvalue weighted by Crippen LogP contribution is 2.28. The van der Waals surface area contributed by atoms with Gasteiger partial charge >= 0.3 is 6.03 Å². The third kappa shape index (κ3) is 5.87. The molecule has 9 heteroatoms. The number of carbonyl (C=O) groups excluding carboxylic acids is 2. The molecule has 176 valence electrons. The standard InChI is InChI=1S/C24H30ClN5O3/c25-19-6-7-21(31)20(15-19)28-23(32)17-8-13-30(14-9-17)24(33)27-16-18-5-4-10-26-22(18)29-11-2-1-3-12-29/h4-7,10,15,17,31H,1-3,8-9,11-14,16H2,(H,27,33)(H,28,32). The van der Waals surface area contributed by atoms with Gasteiger partial charge in [0.15, 0.2) is 0 Å². The summed E-state index contributed by atoms with van der Waals surface area (Å²) in [6.07, 6.45) is 6.51. The zero-order valence-electron chi connectivity index (χ0n) is 18.6. The van der Waals surface area contributed by atoms with Gasteiger partial charge in [-0.05, 0) is 56.4 Å². The number of phenolic OH excluding ortho intramolecular Hbond substituents is 1. The van der Waals surface area contributed by atoms with E-state index in [-0.39, 0.29) is 23.6 Å². The van der Waals surface area contributed by atoms with Gasteiger partial charge in [0.05, 0.1) is 5.69 Å². The van der Waals surface area contributed by atoms with Crippen molar-refractivity contribution in [3.63, 3.8) is 0 Å². The van der Waals surface area contributed by atoms with Gasteiger partial charge < -0.3 is 25.5 Å². The van der Waals surface area contributed by atoms with Crippen LogP contribution in [-0.2, 0) is 11.3 Å². The second-order valence-corrected chi connectivity index (χ2v) is 9.04. The molecular formula is C24H30ClN5O3. The smallest absolute Gasteiger partial charge is 0.317 e. The largest absolute Gasteiger partial charge is 0.506 e. The molecule has 2 aliphatic heterocycles. The van der Waals surface area contributed by atoms with E-state index in [1.54, 1.807) is 17.2 Å². The van der Waals surface area contributed by atoms with E-state index in [4.69, 9.17) is 11.6 Å². The molecule has 1 aromatic carbocycles. The monoisotopic (exact) mass is 471 g/mol. The summed E-state index contributed by atoms with van der Waals surface area (Å²) in [7, 11) is 0. The van der Waals surface area contributed by atoms with E-state index in [0.717, 1.165) is 24.5 Å². The number of piperidine rings is 2. The Morgan fingerprint density at radius 2 is 1.85 bits per heavy atom. The van der Waals surface area contributed by atoms with Crippen LogP contribution < -0.4 is 15.5 Å². The zero-order chi connectivity index (χ0) is 23.2. The number of amides is 3. The average molecular weight is 472 g/mol. The first-order valence-corrected chi connectivity index (χ1v) is 11.9. The quantitative estimate of drug-likeness (QED) is 0.573. The number of phenols is 1. The van der Waals surface area contributed by atoms with E-state index in [1.807, 2.05) is 12.1 Å². The fourth-order valence-electron chi connectivity index (χ4n) is 4.43. The van der Waals surface area contributed by atoms with E-state index in [2.05, 4.69) is 20.5 Å². The Kier molecular flexibility index (Phi) is 7.54. The molecule has 3 amide bonds. The molecule has 0 saturated carbocycles. The van der Waals surface area contributed by atoms with Crippen LogP contribution in [0.2, 0.25) is 5.02 Å². The normalized spacial score (nSPS) is 17.0. The van der Waals surface area contributed by atoms with E-state index >= 15 is 0 Å². The number of carbonyl (C=O) groups is 2. The number of hydrogen-bond donors (Lipinski definition) is 3. The number of aromatic hydroxyl groups is 1. The van der Waals surface area contributed by atoms with Crippen molar-refractivity contribution in [3.8, 4) is 5.75 Å². The second-order valence-electron chi connectivity index (χ2n) is 8.60. The second kappa shape index (κ2) is 10.7. The van der Waals surface area contributed by atoms with Gasteiger partial charge in [-0.1, -0.05) is 17.7 Å². The number of hydrogen-bond acceptors (Lipinski definition) is 5. The van der Waals surface area contributed by atoms with Gasteiger partial charge in [-0.15, -0.1) is 0 Å². The molecule has 0 bridgehead atoms. The maximum Gasteiger partial charge on any atom is 0.317 e. The lowest BCUT2D eigenvalue weighted by atomic mass is 9.96. The van der Waals surface area contributed by atoms with Crippen molar-refractivity contribution < 1.29 is 14.7 Å². The Labute approximate surface area is 198 Å². The number of urea groups is 1. The summed E-state index contributed by atoms with van der Waals surface area (Å²) < 4.78 is 0. The van der Waals surface area contributed by atoms with Gasteiger partial charge in [-0.25, -0.2) is 9.78 Å². The van der Waals surface area contributed by atoms with Crippen LogP contribution in [0.3, 0.4) is 0 Å². The fraction of sp³-hybridized carbons (Fsp3) is 0.458. The van der Waals surface area contributed by atoms with Gasteiger partial charge in [0.25, 0.3) is 0 Å². The number of rotatable bonds is 5. The molecule has 0 atom stereocenters. The summed E-state index contributed by atoms with van der Waals surface area (Å²) in [5, 5.41) is 16.1. The third-order valence-electron chi connectivity index (χ3n) is 6.32. The number of likely N-dealkylation sites (tertiary alicyclic amines) is 1. The molecule has 0 aliphatic carbocycles. The van der Waals surface area contributed by atoms with Crippen molar-refractivity contribution in [3.05, 3.63) is 47.1 Å². The van der Waals surface area contributed by atoms with Crippen LogP contribution in [0.15, 0.2) is 36.5 Å². The van der Waals surface area contributed by atoms with Crippen LogP contribution in [0.25, 0.3) is 0 Å². The Balaban J connectivity index is 1.27. The van der Waals surface area contributed by atoms with Crippen molar-refractivity contribution in [1.82, 2.24) is 15.2 Å². The van der Waals surface area contributed by atoms with E-state index in [1.165, 1.54) is 31.4 Å². The maximum absolute atomic E-state index is 12.7. The number of nitrogens with zero attached hydrogens (tertiary/aromatic N) is 3. The van der Waals surface area contributed by atoms with Gasteiger partial charge in [-0.3, -0.25) is 4.79 Å². The first-order chi connectivity index (χ1) is 16.0. The summed E-state index contributed by atoms with van der Waals surface area (Å²) in [6, 6.07) is 8.31. The molecule has 2 aromatic rings. The lowest BCUT2D eigenvalue weighted by Gasteiger charge is -2.32.